The van der Waals surface area contributed by atoms with E-state index < -0.39 is 291 Å². The van der Waals surface area contributed by atoms with Gasteiger partial charge < -0.3 is 190 Å². The summed E-state index contributed by atoms with van der Waals surface area (Å²) >= 11 is 0. The molecule has 0 radical (unpaired) electrons. The molecule has 7 aliphatic heterocycles. The predicted molar refractivity (Wildman–Crippen MR) is 272 cm³/mol. The minimum atomic E-state index is -3.25. The second kappa shape index (κ2) is 31.7. The molecule has 90 heavy (non-hydrogen) atoms. The molecule has 0 aromatic heterocycles. The van der Waals surface area contributed by atoms with E-state index in [2.05, 4.69) is 10.6 Å². The molecule has 0 aromatic carbocycles. The normalized spacial score (nSPS) is 48.5. The van der Waals surface area contributed by atoms with Crippen molar-refractivity contribution in [3.05, 3.63) is 0 Å². The van der Waals surface area contributed by atoms with Gasteiger partial charge in [-0.3, -0.25) is 9.59 Å². The zero-order valence-corrected chi connectivity index (χ0v) is 47.7. The fraction of sp³-hybridized carbons (Fsp3) is 0.939. The van der Waals surface area contributed by atoms with Crippen LogP contribution in [-0.4, -0.2) is 402 Å². The molecule has 41 nitrogen and oxygen atoms in total. The molecule has 522 valence electrons. The molecule has 7 saturated heterocycles. The first-order valence-electron chi connectivity index (χ1n) is 28.3. The summed E-state index contributed by atoms with van der Waals surface area (Å²) in [5.74, 6) is -7.20. The van der Waals surface area contributed by atoms with E-state index >= 15 is 0 Å². The van der Waals surface area contributed by atoms with E-state index in [4.69, 9.17) is 61.6 Å². The maximum absolute atomic E-state index is 13.1. The van der Waals surface area contributed by atoms with Crippen LogP contribution in [0.5, 0.6) is 0 Å². The fourth-order valence-electron chi connectivity index (χ4n) is 11.4. The molecule has 0 aromatic rings. The highest BCUT2D eigenvalue weighted by Crippen LogP contribution is 2.40. The lowest BCUT2D eigenvalue weighted by atomic mass is 9.88. The van der Waals surface area contributed by atoms with E-state index in [1.807, 2.05) is 0 Å². The third-order valence-electron chi connectivity index (χ3n) is 16.3. The van der Waals surface area contributed by atoms with Crippen molar-refractivity contribution < 1.29 is 193 Å². The number of carboxylic acids is 1. The topological polar surface area (TPSA) is 661 Å². The van der Waals surface area contributed by atoms with Crippen molar-refractivity contribution in [1.29, 1.82) is 0 Å². The number of carboxylic acid groups (broad SMARTS) is 1. The Balaban J connectivity index is 1.15. The van der Waals surface area contributed by atoms with Crippen LogP contribution in [0.4, 0.5) is 0 Å². The quantitative estimate of drug-likeness (QED) is 0.0427. The Morgan fingerprint density at radius 3 is 1.43 bits per heavy atom. The van der Waals surface area contributed by atoms with Gasteiger partial charge in [-0.25, -0.2) is 4.79 Å². The van der Waals surface area contributed by atoms with Crippen LogP contribution in [0.2, 0.25) is 0 Å². The number of aliphatic carboxylic acids is 1. The van der Waals surface area contributed by atoms with E-state index in [9.17, 15) is 132 Å². The third kappa shape index (κ3) is 15.8. The van der Waals surface area contributed by atoms with Crippen LogP contribution in [0.1, 0.15) is 20.3 Å². The lowest BCUT2D eigenvalue weighted by molar-refractivity contribution is -0.395. The SMILES string of the molecule is CC(=O)N[C@H]1[C@H](O[C@H]2[C@@H](O)[C@@H](CO[C@@H]3O[C@H](CO)[C@H](O)[C@H](O)[C@H]3O)O[C@@H](O[C@H]3[C@H](O)[C@@H](O)[C@H](O[C@@H]4[C@@H](O)[C@H](O)O[C@H](CO)[C@H]4O)O[C@@H]3CO)[C@@H]2O)O[C@H](CO)[C@@H](O[C@@H]2O[C@H](CO)[C@H](O)[C@H](O[C@]3(C(=O)O)C[C@H](O)[C@@H](NC(C)=O)[C@H]([C@H](O)[C@H](O)CO)O3)[C@H]2O)[C@@H]1O. The first-order chi connectivity index (χ1) is 42.4. The Bertz CT molecular complexity index is 2290. The molecule has 7 heterocycles. The van der Waals surface area contributed by atoms with E-state index in [1.54, 1.807) is 0 Å². The van der Waals surface area contributed by atoms with Crippen LogP contribution in [-0.2, 0) is 76.0 Å². The Kier molecular flexibility index (Phi) is 26.2. The summed E-state index contributed by atoms with van der Waals surface area (Å²) in [4.78, 5) is 38.1. The number of hydrogen-bond acceptors (Lipinski definition) is 38. The van der Waals surface area contributed by atoms with Gasteiger partial charge in [0.2, 0.25) is 11.8 Å². The lowest BCUT2D eigenvalue weighted by Crippen LogP contribution is -2.71. The van der Waals surface area contributed by atoms with Crippen molar-refractivity contribution in [1.82, 2.24) is 10.6 Å². The number of carbonyl (C=O) groups excluding carboxylic acids is 2. The summed E-state index contributed by atoms with van der Waals surface area (Å²) in [5, 5.41) is 253. The first kappa shape index (κ1) is 74.4. The molecule has 7 aliphatic rings. The number of nitrogens with one attached hydrogen (secondary N) is 2. The highest BCUT2D eigenvalue weighted by Gasteiger charge is 2.62. The van der Waals surface area contributed by atoms with Crippen molar-refractivity contribution in [3.8, 4) is 0 Å². The smallest absolute Gasteiger partial charge is 0.364 e. The van der Waals surface area contributed by atoms with Gasteiger partial charge in [0.25, 0.3) is 5.79 Å². The number of hydrogen-bond donors (Lipinski definition) is 25. The maximum Gasteiger partial charge on any atom is 0.364 e. The van der Waals surface area contributed by atoms with Crippen LogP contribution in [0, 0.1) is 0 Å². The summed E-state index contributed by atoms with van der Waals surface area (Å²) in [6, 6.07) is -3.70. The van der Waals surface area contributed by atoms with Gasteiger partial charge in [0.15, 0.2) is 37.7 Å². The van der Waals surface area contributed by atoms with Gasteiger partial charge in [-0.05, 0) is 0 Å². The lowest BCUT2D eigenvalue weighted by Gasteiger charge is -2.51. The maximum atomic E-state index is 13.1. The van der Waals surface area contributed by atoms with E-state index in [0.717, 1.165) is 13.8 Å². The highest BCUT2D eigenvalue weighted by atomic mass is 16.8. The summed E-state index contributed by atoms with van der Waals surface area (Å²) in [6.07, 6.45) is -70.0. The Morgan fingerprint density at radius 2 is 0.878 bits per heavy atom. The Morgan fingerprint density at radius 1 is 0.456 bits per heavy atom. The summed E-state index contributed by atoms with van der Waals surface area (Å²) < 4.78 is 73.7. The largest absolute Gasteiger partial charge is 0.477 e. The van der Waals surface area contributed by atoms with Crippen LogP contribution >= 0.6 is 0 Å². The average Bonchev–Trinajstić information content (AvgIpc) is 0.772. The van der Waals surface area contributed by atoms with Gasteiger partial charge in [0.1, 0.15) is 165 Å². The molecule has 7 fully saturated rings. The number of aliphatic hydroxyl groups excluding tert-OH is 22. The number of ether oxygens (including phenoxy) is 13. The predicted octanol–water partition coefficient (Wildman–Crippen LogP) is -16.8. The van der Waals surface area contributed by atoms with Gasteiger partial charge in [-0.2, -0.15) is 0 Å². The van der Waals surface area contributed by atoms with Crippen molar-refractivity contribution >= 4 is 17.8 Å². The number of amides is 2. The van der Waals surface area contributed by atoms with E-state index in [-0.39, 0.29) is 0 Å². The van der Waals surface area contributed by atoms with Crippen LogP contribution in [0.25, 0.3) is 0 Å². The second-order valence-corrected chi connectivity index (χ2v) is 22.5. The molecule has 36 atom stereocenters. The fourth-order valence-corrected chi connectivity index (χ4v) is 11.4. The first-order valence-corrected chi connectivity index (χ1v) is 28.3. The average molecular weight is 1320 g/mol. The summed E-state index contributed by atoms with van der Waals surface area (Å²) in [6.45, 7) is -5.64. The summed E-state index contributed by atoms with van der Waals surface area (Å²) in [7, 11) is 0. The number of carbonyl (C=O) groups is 3. The highest BCUT2D eigenvalue weighted by molar-refractivity contribution is 5.76. The molecule has 0 aliphatic carbocycles. The van der Waals surface area contributed by atoms with E-state index in [1.165, 1.54) is 0 Å². The Labute approximate surface area is 508 Å². The molecule has 7 rings (SSSR count). The molecule has 25 N–H and O–H groups in total. The molecule has 0 unspecified atom stereocenters. The van der Waals surface area contributed by atoms with Gasteiger partial charge in [0, 0.05) is 20.3 Å². The molecular weight excluding hydrogens is 1240 g/mol. The molecule has 2 amide bonds. The van der Waals surface area contributed by atoms with Crippen molar-refractivity contribution in [3.63, 3.8) is 0 Å². The van der Waals surface area contributed by atoms with Crippen LogP contribution < -0.4 is 10.6 Å². The van der Waals surface area contributed by atoms with Gasteiger partial charge in [-0.1, -0.05) is 0 Å². The zero-order chi connectivity index (χ0) is 66.7. The van der Waals surface area contributed by atoms with Crippen molar-refractivity contribution in [2.24, 2.45) is 0 Å². The summed E-state index contributed by atoms with van der Waals surface area (Å²) in [5.41, 5.74) is 0. The number of aliphatic hydroxyl groups is 22. The molecule has 0 bridgehead atoms. The Hall–Kier alpha value is -2.99. The second-order valence-electron chi connectivity index (χ2n) is 22.5. The monoisotopic (exact) mass is 1320 g/mol. The molecule has 41 heteroatoms. The van der Waals surface area contributed by atoms with Gasteiger partial charge in [0.05, 0.1) is 58.4 Å². The standard InChI is InChI=1S/C49H82N2O39/c1-11(58)50-21-13(60)3-49(48(76)77,89-38(21)23(62)14(61)4-52)90-41-26(65)17(7-55)81-47(35(41)74)85-36-18(8-56)82-43(22(28(36)67)51-12(2)59)87-40-27(66)20(10-78-44-31(70)29(68)24(63)15(5-53)80-44)84-46(34(40)73)86-37-19(9-57)83-45(32(71)30(37)69)88-39-25(64)16(6-54)79-42(75)33(39)72/h13-47,52-57,60-75H,3-10H2,1-2H3,(H,50,58)(H,51,59)(H,76,77)/t13-,14+,15+,16+,17+,18+,19+,20+,21+,22+,23+,24-,25+,26-,27-,28+,29-,30+,31+,32+,33+,34+,35+,36+,37+,38+,39-,40-,41-,42+,43-,44+,45-,46-,47-,49-/m0/s1. The van der Waals surface area contributed by atoms with Crippen LogP contribution in [0.15, 0.2) is 0 Å². The minimum Gasteiger partial charge on any atom is -0.477 e. The molecule has 0 spiro atoms. The van der Waals surface area contributed by atoms with E-state index in [0.29, 0.717) is 0 Å². The molecular formula is C49H82N2O39. The van der Waals surface area contributed by atoms with Crippen molar-refractivity contribution in [2.75, 3.05) is 46.2 Å². The molecule has 0 saturated carbocycles. The van der Waals surface area contributed by atoms with Crippen molar-refractivity contribution in [2.45, 2.75) is 241 Å². The van der Waals surface area contributed by atoms with Gasteiger partial charge >= 0.3 is 5.97 Å². The third-order valence-corrected chi connectivity index (χ3v) is 16.3. The number of rotatable bonds is 24. The zero-order valence-electron chi connectivity index (χ0n) is 47.7. The van der Waals surface area contributed by atoms with Crippen LogP contribution in [0.3, 0.4) is 0 Å². The van der Waals surface area contributed by atoms with Gasteiger partial charge in [-0.15, -0.1) is 0 Å². The minimum absolute atomic E-state index is 0.850.